The molecule has 1 saturated carbocycles. The Morgan fingerprint density at radius 1 is 1.21 bits per heavy atom. The Labute approximate surface area is 115 Å². The third-order valence-corrected chi connectivity index (χ3v) is 3.89. The summed E-state index contributed by atoms with van der Waals surface area (Å²) in [7, 11) is 0. The molecule has 0 heterocycles. The van der Waals surface area contributed by atoms with Crippen LogP contribution >= 0.6 is 0 Å². The van der Waals surface area contributed by atoms with Gasteiger partial charge in [-0.3, -0.25) is 9.69 Å². The van der Waals surface area contributed by atoms with Crippen molar-refractivity contribution in [1.29, 1.82) is 0 Å². The summed E-state index contributed by atoms with van der Waals surface area (Å²) in [4.78, 5) is 27.6. The second-order valence-electron chi connectivity index (χ2n) is 5.14. The molecule has 2 atom stereocenters. The summed E-state index contributed by atoms with van der Waals surface area (Å²) in [5, 5.41) is 9.18. The van der Waals surface area contributed by atoms with Crippen LogP contribution in [0.15, 0.2) is 0 Å². The lowest BCUT2D eigenvalue weighted by molar-refractivity contribution is -0.152. The number of rotatable bonds is 8. The van der Waals surface area contributed by atoms with Crippen LogP contribution in [0.2, 0.25) is 0 Å². The fourth-order valence-corrected chi connectivity index (χ4v) is 2.58. The molecule has 1 amide bonds. The highest BCUT2D eigenvalue weighted by Crippen LogP contribution is 2.30. The van der Waals surface area contributed by atoms with Crippen LogP contribution < -0.4 is 0 Å². The van der Waals surface area contributed by atoms with Crippen molar-refractivity contribution in [2.24, 2.45) is 0 Å². The lowest BCUT2D eigenvalue weighted by atomic mass is 10.1. The SMILES string of the molecule is CCC(C(=O)N(C1CC1)C(C)C(=O)O)N(CC)CC. The Kier molecular flexibility index (Phi) is 5.79. The first kappa shape index (κ1) is 16.0. The van der Waals surface area contributed by atoms with Crippen LogP contribution in [0.5, 0.6) is 0 Å². The zero-order valence-electron chi connectivity index (χ0n) is 12.4. The van der Waals surface area contributed by atoms with Crippen LogP contribution in [-0.2, 0) is 9.59 Å². The highest BCUT2D eigenvalue weighted by Gasteiger charge is 2.41. The maximum absolute atomic E-state index is 12.7. The maximum Gasteiger partial charge on any atom is 0.326 e. The second-order valence-corrected chi connectivity index (χ2v) is 5.14. The van der Waals surface area contributed by atoms with Crippen molar-refractivity contribution < 1.29 is 14.7 Å². The van der Waals surface area contributed by atoms with E-state index in [4.69, 9.17) is 0 Å². The third-order valence-electron chi connectivity index (χ3n) is 3.89. The monoisotopic (exact) mass is 270 g/mol. The van der Waals surface area contributed by atoms with Gasteiger partial charge in [0.05, 0.1) is 6.04 Å². The minimum absolute atomic E-state index is 0.0244. The summed E-state index contributed by atoms with van der Waals surface area (Å²) in [6.45, 7) is 9.26. The summed E-state index contributed by atoms with van der Waals surface area (Å²) in [5.41, 5.74) is 0. The standard InChI is InChI=1S/C14H26N2O3/c1-5-12(15(6-2)7-3)13(17)16(11-8-9-11)10(4)14(18)19/h10-12H,5-9H2,1-4H3,(H,18,19). The fraction of sp³-hybridized carbons (Fsp3) is 0.857. The van der Waals surface area contributed by atoms with E-state index in [0.717, 1.165) is 32.4 Å². The summed E-state index contributed by atoms with van der Waals surface area (Å²) >= 11 is 0. The molecule has 1 rings (SSSR count). The highest BCUT2D eigenvalue weighted by molar-refractivity contribution is 5.87. The number of carboxylic acids is 1. The number of carbonyl (C=O) groups is 2. The molecule has 0 aromatic rings. The first-order valence-corrected chi connectivity index (χ1v) is 7.26. The van der Waals surface area contributed by atoms with E-state index in [-0.39, 0.29) is 18.0 Å². The normalized spacial score (nSPS) is 18.2. The Hall–Kier alpha value is -1.10. The summed E-state index contributed by atoms with van der Waals surface area (Å²) < 4.78 is 0. The molecule has 1 N–H and O–H groups in total. The van der Waals surface area contributed by atoms with Crippen molar-refractivity contribution in [3.8, 4) is 0 Å². The van der Waals surface area contributed by atoms with Crippen LogP contribution in [-0.4, -0.2) is 58.0 Å². The van der Waals surface area contributed by atoms with Gasteiger partial charge in [-0.25, -0.2) is 4.79 Å². The molecule has 5 heteroatoms. The van der Waals surface area contributed by atoms with Crippen LogP contribution in [0.1, 0.15) is 47.0 Å². The number of carboxylic acid groups (broad SMARTS) is 1. The molecule has 0 aromatic heterocycles. The van der Waals surface area contributed by atoms with E-state index in [2.05, 4.69) is 4.90 Å². The predicted octanol–water partition coefficient (Wildman–Crippen LogP) is 1.57. The van der Waals surface area contributed by atoms with Crippen molar-refractivity contribution in [1.82, 2.24) is 9.80 Å². The Morgan fingerprint density at radius 2 is 1.74 bits per heavy atom. The van der Waals surface area contributed by atoms with E-state index in [9.17, 15) is 14.7 Å². The summed E-state index contributed by atoms with van der Waals surface area (Å²) in [6, 6.07) is -0.801. The molecule has 2 unspecified atom stereocenters. The molecule has 19 heavy (non-hydrogen) atoms. The van der Waals surface area contributed by atoms with Gasteiger partial charge in [0.15, 0.2) is 0 Å². The smallest absolute Gasteiger partial charge is 0.326 e. The van der Waals surface area contributed by atoms with Crippen molar-refractivity contribution in [2.45, 2.75) is 65.1 Å². The molecule has 0 bridgehead atoms. The molecule has 0 spiro atoms. The number of amides is 1. The summed E-state index contributed by atoms with van der Waals surface area (Å²) in [6.07, 6.45) is 2.58. The highest BCUT2D eigenvalue weighted by atomic mass is 16.4. The van der Waals surface area contributed by atoms with E-state index in [1.54, 1.807) is 11.8 Å². The van der Waals surface area contributed by atoms with Gasteiger partial charge < -0.3 is 10.0 Å². The number of likely N-dealkylation sites (N-methyl/N-ethyl adjacent to an activating group) is 1. The van der Waals surface area contributed by atoms with Gasteiger partial charge in [0, 0.05) is 6.04 Å². The van der Waals surface area contributed by atoms with E-state index in [1.165, 1.54) is 0 Å². The lowest BCUT2D eigenvalue weighted by Crippen LogP contribution is -2.53. The fourth-order valence-electron chi connectivity index (χ4n) is 2.58. The van der Waals surface area contributed by atoms with Crippen LogP contribution in [0, 0.1) is 0 Å². The molecular weight excluding hydrogens is 244 g/mol. The van der Waals surface area contributed by atoms with Crippen molar-refractivity contribution in [2.75, 3.05) is 13.1 Å². The van der Waals surface area contributed by atoms with Crippen molar-refractivity contribution in [3.05, 3.63) is 0 Å². The maximum atomic E-state index is 12.7. The topological polar surface area (TPSA) is 60.9 Å². The molecular formula is C14H26N2O3. The average molecular weight is 270 g/mol. The van der Waals surface area contributed by atoms with Gasteiger partial charge in [0.25, 0.3) is 0 Å². The summed E-state index contributed by atoms with van der Waals surface area (Å²) in [5.74, 6) is -0.946. The quantitative estimate of drug-likeness (QED) is 0.727. The first-order chi connectivity index (χ1) is 8.97. The Morgan fingerprint density at radius 3 is 2.05 bits per heavy atom. The van der Waals surface area contributed by atoms with E-state index in [1.807, 2.05) is 20.8 Å². The van der Waals surface area contributed by atoms with Gasteiger partial charge in [-0.15, -0.1) is 0 Å². The molecule has 0 aromatic carbocycles. The van der Waals surface area contributed by atoms with Crippen LogP contribution in [0.25, 0.3) is 0 Å². The molecule has 1 fully saturated rings. The average Bonchev–Trinajstić information content (AvgIpc) is 3.19. The van der Waals surface area contributed by atoms with Crippen LogP contribution in [0.4, 0.5) is 0 Å². The minimum Gasteiger partial charge on any atom is -0.480 e. The molecule has 5 nitrogen and oxygen atoms in total. The molecule has 0 saturated heterocycles. The number of aliphatic carboxylic acids is 1. The number of hydrogen-bond donors (Lipinski definition) is 1. The third kappa shape index (κ3) is 3.69. The first-order valence-electron chi connectivity index (χ1n) is 7.26. The Bertz CT molecular complexity index is 325. The predicted molar refractivity (Wildman–Crippen MR) is 74.0 cm³/mol. The molecule has 0 radical (unpaired) electrons. The number of hydrogen-bond acceptors (Lipinski definition) is 3. The van der Waals surface area contributed by atoms with E-state index >= 15 is 0 Å². The molecule has 0 aliphatic heterocycles. The van der Waals surface area contributed by atoms with E-state index in [0.29, 0.717) is 0 Å². The zero-order chi connectivity index (χ0) is 14.6. The molecule has 1 aliphatic rings. The molecule has 1 aliphatic carbocycles. The zero-order valence-corrected chi connectivity index (χ0v) is 12.4. The largest absolute Gasteiger partial charge is 0.480 e. The van der Waals surface area contributed by atoms with Gasteiger partial charge in [0.2, 0.25) is 5.91 Å². The number of carbonyl (C=O) groups excluding carboxylic acids is 1. The van der Waals surface area contributed by atoms with Gasteiger partial charge in [-0.1, -0.05) is 20.8 Å². The number of nitrogens with zero attached hydrogens (tertiary/aromatic N) is 2. The molecule has 110 valence electrons. The second kappa shape index (κ2) is 6.89. The van der Waals surface area contributed by atoms with Crippen molar-refractivity contribution >= 4 is 11.9 Å². The Balaban J connectivity index is 2.88. The minimum atomic E-state index is -0.922. The van der Waals surface area contributed by atoms with Crippen molar-refractivity contribution in [3.63, 3.8) is 0 Å². The van der Waals surface area contributed by atoms with Gasteiger partial charge in [0.1, 0.15) is 6.04 Å². The van der Waals surface area contributed by atoms with Gasteiger partial charge in [-0.2, -0.15) is 0 Å². The lowest BCUT2D eigenvalue weighted by Gasteiger charge is -2.35. The van der Waals surface area contributed by atoms with Crippen LogP contribution in [0.3, 0.4) is 0 Å². The van der Waals surface area contributed by atoms with Gasteiger partial charge >= 0.3 is 5.97 Å². The van der Waals surface area contributed by atoms with E-state index < -0.39 is 12.0 Å². The van der Waals surface area contributed by atoms with Gasteiger partial charge in [-0.05, 0) is 39.3 Å².